The van der Waals surface area contributed by atoms with Gasteiger partial charge in [-0.1, -0.05) is 6.92 Å². The third kappa shape index (κ3) is 4.22. The highest BCUT2D eigenvalue weighted by Gasteiger charge is 2.31. The highest BCUT2D eigenvalue weighted by molar-refractivity contribution is 5.69. The van der Waals surface area contributed by atoms with Crippen LogP contribution in [0.15, 0.2) is 0 Å². The van der Waals surface area contributed by atoms with E-state index in [1.165, 1.54) is 7.11 Å². The minimum absolute atomic E-state index is 0.00981. The van der Waals surface area contributed by atoms with E-state index in [9.17, 15) is 9.59 Å². The number of amides is 1. The number of carbonyl (C=O) groups is 2. The molecule has 1 heterocycles. The van der Waals surface area contributed by atoms with E-state index in [1.54, 1.807) is 4.90 Å². The Kier molecular flexibility index (Phi) is 5.21. The molecular formula is C11H20N2O4. The molecule has 0 radical (unpaired) electrons. The molecule has 0 aromatic carbocycles. The van der Waals surface area contributed by atoms with Crippen LogP contribution in [0.4, 0.5) is 4.79 Å². The average Bonchev–Trinajstić information content (AvgIpc) is 2.27. The summed E-state index contributed by atoms with van der Waals surface area (Å²) in [6.07, 6.45) is 0.492. The van der Waals surface area contributed by atoms with Gasteiger partial charge in [0, 0.05) is 25.6 Å². The van der Waals surface area contributed by atoms with Gasteiger partial charge in [0.2, 0.25) is 0 Å². The Morgan fingerprint density at radius 3 is 2.71 bits per heavy atom. The lowest BCUT2D eigenvalue weighted by Gasteiger charge is -2.36. The zero-order valence-electron chi connectivity index (χ0n) is 10.3. The summed E-state index contributed by atoms with van der Waals surface area (Å²) in [5.41, 5.74) is 0. The van der Waals surface area contributed by atoms with Crippen molar-refractivity contribution < 1.29 is 19.4 Å². The molecule has 2 atom stereocenters. The molecule has 6 heteroatoms. The number of carboxylic acids is 1. The van der Waals surface area contributed by atoms with Gasteiger partial charge in [0.1, 0.15) is 0 Å². The second-order valence-corrected chi connectivity index (χ2v) is 4.33. The molecule has 1 amide bonds. The van der Waals surface area contributed by atoms with Gasteiger partial charge in [0.05, 0.1) is 7.11 Å². The largest absolute Gasteiger partial charge is 0.481 e. The van der Waals surface area contributed by atoms with Gasteiger partial charge in [-0.05, 0) is 18.9 Å². The number of nitrogens with zero attached hydrogens (tertiary/aromatic N) is 1. The van der Waals surface area contributed by atoms with E-state index in [0.29, 0.717) is 13.1 Å². The molecule has 98 valence electrons. The van der Waals surface area contributed by atoms with Crippen molar-refractivity contribution in [3.05, 3.63) is 0 Å². The Hall–Kier alpha value is -1.30. The van der Waals surface area contributed by atoms with Crippen molar-refractivity contribution in [2.24, 2.45) is 5.92 Å². The molecule has 1 aliphatic rings. The van der Waals surface area contributed by atoms with Gasteiger partial charge in [0.15, 0.2) is 0 Å². The smallest absolute Gasteiger partial charge is 0.409 e. The molecule has 0 aliphatic carbocycles. The molecule has 1 fully saturated rings. The maximum atomic E-state index is 11.5. The first-order chi connectivity index (χ1) is 8.06. The number of carbonyl (C=O) groups excluding carboxylic acids is 1. The van der Waals surface area contributed by atoms with Gasteiger partial charge >= 0.3 is 12.1 Å². The summed E-state index contributed by atoms with van der Waals surface area (Å²) in [6.45, 7) is 3.83. The molecular weight excluding hydrogens is 224 g/mol. The molecule has 0 saturated carbocycles. The fourth-order valence-electron chi connectivity index (χ4n) is 2.31. The number of methoxy groups -OCH3 is 1. The van der Waals surface area contributed by atoms with Crippen LogP contribution in [0.1, 0.15) is 19.8 Å². The quantitative estimate of drug-likeness (QED) is 0.754. The molecule has 1 aliphatic heterocycles. The van der Waals surface area contributed by atoms with Crippen molar-refractivity contribution in [3.63, 3.8) is 0 Å². The topological polar surface area (TPSA) is 78.9 Å². The van der Waals surface area contributed by atoms with Crippen LogP contribution in [0.25, 0.3) is 0 Å². The third-order valence-electron chi connectivity index (χ3n) is 2.93. The molecule has 0 spiro atoms. The average molecular weight is 244 g/mol. The van der Waals surface area contributed by atoms with Crippen LogP contribution in [-0.2, 0) is 9.53 Å². The zero-order valence-corrected chi connectivity index (χ0v) is 10.3. The molecule has 1 rings (SSSR count). The number of rotatable bonds is 4. The summed E-state index contributed by atoms with van der Waals surface area (Å²) in [6, 6.07) is 0.150. The van der Waals surface area contributed by atoms with E-state index in [0.717, 1.165) is 13.0 Å². The minimum atomic E-state index is -0.822. The lowest BCUT2D eigenvalue weighted by Crippen LogP contribution is -2.51. The van der Waals surface area contributed by atoms with Crippen LogP contribution < -0.4 is 5.32 Å². The Balaban J connectivity index is 2.61. The predicted octanol–water partition coefficient (Wildman–Crippen LogP) is 0.528. The fraction of sp³-hybridized carbons (Fsp3) is 0.818. The number of aliphatic carboxylic acids is 1. The number of nitrogens with one attached hydrogen (secondary N) is 1. The van der Waals surface area contributed by atoms with Crippen molar-refractivity contribution >= 4 is 12.1 Å². The van der Waals surface area contributed by atoms with E-state index in [-0.39, 0.29) is 24.5 Å². The predicted molar refractivity (Wildman–Crippen MR) is 61.8 cm³/mol. The van der Waals surface area contributed by atoms with Crippen LogP contribution in [0.3, 0.4) is 0 Å². The molecule has 1 saturated heterocycles. The highest BCUT2D eigenvalue weighted by atomic mass is 16.5. The van der Waals surface area contributed by atoms with Gasteiger partial charge in [-0.2, -0.15) is 0 Å². The molecule has 2 N–H and O–H groups in total. The van der Waals surface area contributed by atoms with E-state index in [2.05, 4.69) is 10.1 Å². The van der Waals surface area contributed by atoms with Crippen LogP contribution >= 0.6 is 0 Å². The van der Waals surface area contributed by atoms with Gasteiger partial charge < -0.3 is 20.1 Å². The lowest BCUT2D eigenvalue weighted by molar-refractivity contribution is -0.138. The molecule has 2 unspecified atom stereocenters. The Morgan fingerprint density at radius 2 is 2.18 bits per heavy atom. The van der Waals surface area contributed by atoms with Gasteiger partial charge in [-0.15, -0.1) is 0 Å². The number of hydrogen-bond acceptors (Lipinski definition) is 4. The number of carboxylic acid groups (broad SMARTS) is 1. The third-order valence-corrected chi connectivity index (χ3v) is 2.93. The summed E-state index contributed by atoms with van der Waals surface area (Å²) in [5, 5.41) is 12.1. The SMILES string of the molecule is CCNC1CC(CC(=O)O)CN(C(=O)OC)C1. The first-order valence-electron chi connectivity index (χ1n) is 5.84. The zero-order chi connectivity index (χ0) is 12.8. The van der Waals surface area contributed by atoms with Gasteiger partial charge in [0.25, 0.3) is 0 Å². The number of likely N-dealkylation sites (N-methyl/N-ethyl adjacent to an activating group) is 1. The number of ether oxygens (including phenoxy) is 1. The maximum absolute atomic E-state index is 11.5. The Bertz CT molecular complexity index is 283. The van der Waals surface area contributed by atoms with Crippen molar-refractivity contribution in [3.8, 4) is 0 Å². The lowest BCUT2D eigenvalue weighted by atomic mass is 9.91. The van der Waals surface area contributed by atoms with E-state index < -0.39 is 5.97 Å². The standard InChI is InChI=1S/C11H20N2O4/c1-3-12-9-4-8(5-10(14)15)6-13(7-9)11(16)17-2/h8-9,12H,3-7H2,1-2H3,(H,14,15). The number of piperidine rings is 1. The summed E-state index contributed by atoms with van der Waals surface area (Å²) in [4.78, 5) is 23.8. The minimum Gasteiger partial charge on any atom is -0.481 e. The normalized spacial score (nSPS) is 24.5. The van der Waals surface area contributed by atoms with Gasteiger partial charge in [-0.3, -0.25) is 4.79 Å². The molecule has 17 heavy (non-hydrogen) atoms. The van der Waals surface area contributed by atoms with Crippen LogP contribution in [0.2, 0.25) is 0 Å². The second kappa shape index (κ2) is 6.44. The van der Waals surface area contributed by atoms with Gasteiger partial charge in [-0.25, -0.2) is 4.79 Å². The molecule has 0 bridgehead atoms. The van der Waals surface area contributed by atoms with Crippen molar-refractivity contribution in [2.75, 3.05) is 26.7 Å². The molecule has 0 aromatic rings. The van der Waals surface area contributed by atoms with Crippen LogP contribution in [-0.4, -0.2) is 54.9 Å². The summed E-state index contributed by atoms with van der Waals surface area (Å²) in [5.74, 6) is -0.832. The second-order valence-electron chi connectivity index (χ2n) is 4.33. The molecule has 6 nitrogen and oxygen atoms in total. The monoisotopic (exact) mass is 244 g/mol. The van der Waals surface area contributed by atoms with E-state index in [1.807, 2.05) is 6.92 Å². The first kappa shape index (κ1) is 13.8. The summed E-state index contributed by atoms with van der Waals surface area (Å²) < 4.78 is 4.68. The first-order valence-corrected chi connectivity index (χ1v) is 5.84. The van der Waals surface area contributed by atoms with Crippen LogP contribution in [0, 0.1) is 5.92 Å². The summed E-state index contributed by atoms with van der Waals surface area (Å²) in [7, 11) is 1.34. The molecule has 0 aromatic heterocycles. The van der Waals surface area contributed by atoms with Crippen molar-refractivity contribution in [2.45, 2.75) is 25.8 Å². The maximum Gasteiger partial charge on any atom is 0.409 e. The Morgan fingerprint density at radius 1 is 1.47 bits per heavy atom. The van der Waals surface area contributed by atoms with Crippen LogP contribution in [0.5, 0.6) is 0 Å². The van der Waals surface area contributed by atoms with Crippen molar-refractivity contribution in [1.82, 2.24) is 10.2 Å². The highest BCUT2D eigenvalue weighted by Crippen LogP contribution is 2.20. The Labute approximate surface area is 101 Å². The van der Waals surface area contributed by atoms with E-state index in [4.69, 9.17) is 5.11 Å². The summed E-state index contributed by atoms with van der Waals surface area (Å²) >= 11 is 0. The number of likely N-dealkylation sites (tertiary alicyclic amines) is 1. The fourth-order valence-corrected chi connectivity index (χ4v) is 2.31. The van der Waals surface area contributed by atoms with E-state index >= 15 is 0 Å². The number of hydrogen-bond donors (Lipinski definition) is 2. The van der Waals surface area contributed by atoms with Crippen molar-refractivity contribution in [1.29, 1.82) is 0 Å².